The van der Waals surface area contributed by atoms with Crippen LogP contribution in [0.2, 0.25) is 0 Å². The van der Waals surface area contributed by atoms with Gasteiger partial charge in [-0.3, -0.25) is 10.00 Å². The second-order valence-corrected chi connectivity index (χ2v) is 5.36. The van der Waals surface area contributed by atoms with E-state index in [1.165, 1.54) is 0 Å². The number of ether oxygens (including phenoxy) is 1. The van der Waals surface area contributed by atoms with Gasteiger partial charge in [-0.2, -0.15) is 5.10 Å². The first kappa shape index (κ1) is 13.5. The molecule has 1 aromatic rings. The first-order valence-corrected chi connectivity index (χ1v) is 6.65. The monoisotopic (exact) mass is 253 g/mol. The lowest BCUT2D eigenvalue weighted by Crippen LogP contribution is -2.46. The van der Waals surface area contributed by atoms with Crippen molar-refractivity contribution in [2.45, 2.75) is 32.9 Å². The molecule has 1 fully saturated rings. The Balaban J connectivity index is 1.93. The predicted molar refractivity (Wildman–Crippen MR) is 69.2 cm³/mol. The Labute approximate surface area is 108 Å². The molecule has 5 nitrogen and oxygen atoms in total. The zero-order valence-electron chi connectivity index (χ0n) is 11.2. The summed E-state index contributed by atoms with van der Waals surface area (Å²) in [5, 5.41) is 16.7. The van der Waals surface area contributed by atoms with E-state index in [0.29, 0.717) is 12.5 Å². The van der Waals surface area contributed by atoms with Gasteiger partial charge in [0, 0.05) is 18.8 Å². The van der Waals surface area contributed by atoms with Gasteiger partial charge in [0.2, 0.25) is 0 Å². The summed E-state index contributed by atoms with van der Waals surface area (Å²) in [5.74, 6) is 0.620. The van der Waals surface area contributed by atoms with Crippen LogP contribution in [0.3, 0.4) is 0 Å². The van der Waals surface area contributed by atoms with Crippen LogP contribution in [0.4, 0.5) is 0 Å². The van der Waals surface area contributed by atoms with Crippen molar-refractivity contribution in [2.75, 3.05) is 26.4 Å². The molecule has 18 heavy (non-hydrogen) atoms. The van der Waals surface area contributed by atoms with Crippen LogP contribution in [0, 0.1) is 5.92 Å². The Hall–Kier alpha value is -0.910. The minimum atomic E-state index is 0.107. The van der Waals surface area contributed by atoms with Gasteiger partial charge in [-0.15, -0.1) is 0 Å². The molecule has 0 spiro atoms. The lowest BCUT2D eigenvalue weighted by atomic mass is 10.1. The number of morpholine rings is 1. The second-order valence-electron chi connectivity index (χ2n) is 5.36. The number of aromatic nitrogens is 2. The summed E-state index contributed by atoms with van der Waals surface area (Å²) in [7, 11) is 0. The lowest BCUT2D eigenvalue weighted by molar-refractivity contribution is -0.0317. The maximum absolute atomic E-state index is 9.32. The number of nitrogens with zero attached hydrogens (tertiary/aromatic N) is 2. The van der Waals surface area contributed by atoms with E-state index in [1.807, 2.05) is 0 Å². The van der Waals surface area contributed by atoms with Crippen molar-refractivity contribution in [3.05, 3.63) is 17.5 Å². The van der Waals surface area contributed by atoms with Crippen LogP contribution in [-0.2, 0) is 17.7 Å². The molecular formula is C13H23N3O2. The third kappa shape index (κ3) is 3.54. The molecule has 1 aromatic heterocycles. The highest BCUT2D eigenvalue weighted by Gasteiger charge is 2.22. The van der Waals surface area contributed by atoms with Crippen molar-refractivity contribution in [2.24, 2.45) is 5.92 Å². The van der Waals surface area contributed by atoms with E-state index < -0.39 is 0 Å². The van der Waals surface area contributed by atoms with Crippen molar-refractivity contribution in [3.8, 4) is 0 Å². The molecule has 0 amide bonds. The number of H-pyrrole nitrogens is 1. The van der Waals surface area contributed by atoms with Crippen LogP contribution in [0.5, 0.6) is 0 Å². The third-order valence-electron chi connectivity index (χ3n) is 3.24. The predicted octanol–water partition coefficient (Wildman–Crippen LogP) is 0.801. The summed E-state index contributed by atoms with van der Waals surface area (Å²) in [6.07, 6.45) is 1.00. The molecule has 0 unspecified atom stereocenters. The number of hydrogen-bond acceptors (Lipinski definition) is 4. The zero-order chi connectivity index (χ0) is 13.0. The number of aliphatic hydroxyl groups excluding tert-OH is 1. The van der Waals surface area contributed by atoms with Crippen molar-refractivity contribution in [1.82, 2.24) is 15.1 Å². The van der Waals surface area contributed by atoms with Gasteiger partial charge in [0.1, 0.15) is 0 Å². The Morgan fingerprint density at radius 3 is 3.17 bits per heavy atom. The van der Waals surface area contributed by atoms with Crippen LogP contribution in [-0.4, -0.2) is 52.6 Å². The summed E-state index contributed by atoms with van der Waals surface area (Å²) in [6, 6.07) is 2.24. The quantitative estimate of drug-likeness (QED) is 0.815. The molecule has 0 aromatic carbocycles. The second kappa shape index (κ2) is 6.31. The average molecular weight is 253 g/mol. The van der Waals surface area contributed by atoms with Crippen LogP contribution in [0.15, 0.2) is 6.07 Å². The number of hydrogen-bond donors (Lipinski definition) is 2. The van der Waals surface area contributed by atoms with Gasteiger partial charge in [0.25, 0.3) is 0 Å². The Morgan fingerprint density at radius 2 is 2.44 bits per heavy atom. The maximum Gasteiger partial charge on any atom is 0.0645 e. The molecule has 2 N–H and O–H groups in total. The lowest BCUT2D eigenvalue weighted by Gasteiger charge is -2.33. The fourth-order valence-electron chi connectivity index (χ4n) is 2.30. The standard InChI is InChI=1S/C13H23N3O2/c1-10(2)5-11-6-12(15-14-11)7-16-3-4-18-9-13(16)8-17/h6,10,13,17H,3-5,7-9H2,1-2H3,(H,14,15)/t13-/m0/s1. The molecule has 5 heteroatoms. The van der Waals surface area contributed by atoms with E-state index in [1.54, 1.807) is 0 Å². The van der Waals surface area contributed by atoms with Crippen molar-refractivity contribution < 1.29 is 9.84 Å². The summed E-state index contributed by atoms with van der Waals surface area (Å²) in [4.78, 5) is 2.25. The Kier molecular flexibility index (Phi) is 4.74. The molecule has 0 bridgehead atoms. The number of rotatable bonds is 5. The fraction of sp³-hybridized carbons (Fsp3) is 0.769. The third-order valence-corrected chi connectivity index (χ3v) is 3.24. The largest absolute Gasteiger partial charge is 0.395 e. The number of aromatic amines is 1. The van der Waals surface area contributed by atoms with Gasteiger partial charge in [-0.1, -0.05) is 13.8 Å². The fourth-order valence-corrected chi connectivity index (χ4v) is 2.30. The van der Waals surface area contributed by atoms with Gasteiger partial charge in [-0.25, -0.2) is 0 Å². The summed E-state index contributed by atoms with van der Waals surface area (Å²) < 4.78 is 5.37. The average Bonchev–Trinajstić information content (AvgIpc) is 2.76. The van der Waals surface area contributed by atoms with Crippen LogP contribution in [0.25, 0.3) is 0 Å². The highest BCUT2D eigenvalue weighted by atomic mass is 16.5. The van der Waals surface area contributed by atoms with Crippen molar-refractivity contribution >= 4 is 0 Å². The normalized spacial score (nSPS) is 21.7. The summed E-state index contributed by atoms with van der Waals surface area (Å²) >= 11 is 0. The molecule has 0 saturated carbocycles. The number of aliphatic hydroxyl groups is 1. The molecule has 1 saturated heterocycles. The zero-order valence-corrected chi connectivity index (χ0v) is 11.2. The highest BCUT2D eigenvalue weighted by molar-refractivity contribution is 5.09. The van der Waals surface area contributed by atoms with E-state index in [0.717, 1.165) is 37.5 Å². The van der Waals surface area contributed by atoms with E-state index in [9.17, 15) is 5.11 Å². The van der Waals surface area contributed by atoms with E-state index in [4.69, 9.17) is 4.74 Å². The van der Waals surface area contributed by atoms with Crippen LogP contribution >= 0.6 is 0 Å². The SMILES string of the molecule is CC(C)Cc1cc(CN2CCOC[C@@H]2CO)[nH]n1. The Morgan fingerprint density at radius 1 is 1.61 bits per heavy atom. The highest BCUT2D eigenvalue weighted by Crippen LogP contribution is 2.13. The molecule has 0 radical (unpaired) electrons. The van der Waals surface area contributed by atoms with Crippen molar-refractivity contribution in [1.29, 1.82) is 0 Å². The Bertz CT molecular complexity index is 365. The van der Waals surface area contributed by atoms with Gasteiger partial charge in [-0.05, 0) is 18.4 Å². The van der Waals surface area contributed by atoms with Crippen molar-refractivity contribution in [3.63, 3.8) is 0 Å². The van der Waals surface area contributed by atoms with Crippen LogP contribution < -0.4 is 0 Å². The maximum atomic E-state index is 9.32. The van der Waals surface area contributed by atoms with E-state index >= 15 is 0 Å². The van der Waals surface area contributed by atoms with Gasteiger partial charge >= 0.3 is 0 Å². The number of nitrogens with one attached hydrogen (secondary N) is 1. The minimum absolute atomic E-state index is 0.107. The van der Waals surface area contributed by atoms with E-state index in [-0.39, 0.29) is 12.6 Å². The molecule has 1 atom stereocenters. The molecule has 1 aliphatic rings. The topological polar surface area (TPSA) is 61.4 Å². The summed E-state index contributed by atoms with van der Waals surface area (Å²) in [5.41, 5.74) is 2.24. The molecule has 2 heterocycles. The van der Waals surface area contributed by atoms with Gasteiger partial charge in [0.05, 0.1) is 31.6 Å². The van der Waals surface area contributed by atoms with Gasteiger partial charge in [0.15, 0.2) is 0 Å². The molecule has 0 aliphatic carbocycles. The molecular weight excluding hydrogens is 230 g/mol. The smallest absolute Gasteiger partial charge is 0.0645 e. The van der Waals surface area contributed by atoms with Crippen LogP contribution in [0.1, 0.15) is 25.2 Å². The molecule has 102 valence electrons. The van der Waals surface area contributed by atoms with E-state index in [2.05, 4.69) is 35.0 Å². The molecule has 2 rings (SSSR count). The molecule has 1 aliphatic heterocycles. The summed E-state index contributed by atoms with van der Waals surface area (Å²) in [6.45, 7) is 7.56. The van der Waals surface area contributed by atoms with Gasteiger partial charge < -0.3 is 9.84 Å². The first-order chi connectivity index (χ1) is 8.69. The minimum Gasteiger partial charge on any atom is -0.395 e. The first-order valence-electron chi connectivity index (χ1n) is 6.65.